The highest BCUT2D eigenvalue weighted by molar-refractivity contribution is 6.10. The van der Waals surface area contributed by atoms with E-state index in [1.54, 1.807) is 0 Å². The van der Waals surface area contributed by atoms with Gasteiger partial charge in [-0.2, -0.15) is 0 Å². The molecule has 7 rings (SSSR count). The van der Waals surface area contributed by atoms with E-state index in [9.17, 15) is 0 Å². The molecule has 1 heterocycles. The van der Waals surface area contributed by atoms with Crippen molar-refractivity contribution in [2.75, 3.05) is 0 Å². The zero-order valence-corrected chi connectivity index (χ0v) is 20.6. The molecule has 5 aromatic carbocycles. The Morgan fingerprint density at radius 1 is 0.486 bits per heavy atom. The van der Waals surface area contributed by atoms with Crippen LogP contribution in [0.3, 0.4) is 0 Å². The normalized spacial score (nSPS) is 13.2. The van der Waals surface area contributed by atoms with Crippen LogP contribution in [0.5, 0.6) is 0 Å². The predicted octanol–water partition coefficient (Wildman–Crippen LogP) is 9.85. The van der Waals surface area contributed by atoms with Crippen LogP contribution in [0.25, 0.3) is 55.3 Å². The standard InChI is InChI=1S/C36H27N/c1-3-10-26(11-4-1)28-18-21-32(22-19-28)37-35-17-8-7-16-33(35)34-23-20-31(25-36(34)37)30-15-9-14-29(24-30)27-12-5-2-6-13-27/h1-3,5-10,12-25H,4,11H2. The maximum atomic E-state index is 2.41. The van der Waals surface area contributed by atoms with Crippen LogP contribution in [0, 0.1) is 0 Å². The van der Waals surface area contributed by atoms with E-state index in [1.807, 2.05) is 0 Å². The molecule has 0 fully saturated rings. The van der Waals surface area contributed by atoms with E-state index in [0.717, 1.165) is 12.8 Å². The number of hydrogen-bond acceptors (Lipinski definition) is 0. The highest BCUT2D eigenvalue weighted by Gasteiger charge is 2.14. The lowest BCUT2D eigenvalue weighted by molar-refractivity contribution is 1.05. The molecule has 6 aromatic rings. The molecule has 0 aliphatic heterocycles. The van der Waals surface area contributed by atoms with Crippen molar-refractivity contribution in [3.8, 4) is 27.9 Å². The van der Waals surface area contributed by atoms with Crippen LogP contribution >= 0.6 is 0 Å². The summed E-state index contributed by atoms with van der Waals surface area (Å²) < 4.78 is 2.41. The Bertz CT molecular complexity index is 1800. The highest BCUT2D eigenvalue weighted by Crippen LogP contribution is 2.36. The van der Waals surface area contributed by atoms with Gasteiger partial charge in [0.1, 0.15) is 0 Å². The maximum absolute atomic E-state index is 2.41. The first-order valence-corrected chi connectivity index (χ1v) is 13.0. The minimum absolute atomic E-state index is 1.11. The number of benzene rings is 5. The van der Waals surface area contributed by atoms with Gasteiger partial charge in [-0.05, 0) is 76.6 Å². The molecule has 1 heteroatoms. The molecule has 0 saturated heterocycles. The second-order valence-corrected chi connectivity index (χ2v) is 9.74. The Kier molecular flexibility index (Phi) is 5.33. The first kappa shape index (κ1) is 21.6. The third-order valence-corrected chi connectivity index (χ3v) is 7.49. The van der Waals surface area contributed by atoms with Gasteiger partial charge in [-0.1, -0.05) is 109 Å². The average Bonchev–Trinajstić information content (AvgIpc) is 3.32. The summed E-state index contributed by atoms with van der Waals surface area (Å²) in [5.74, 6) is 0. The van der Waals surface area contributed by atoms with Gasteiger partial charge >= 0.3 is 0 Å². The summed E-state index contributed by atoms with van der Waals surface area (Å²) in [4.78, 5) is 0. The van der Waals surface area contributed by atoms with E-state index in [4.69, 9.17) is 0 Å². The summed E-state index contributed by atoms with van der Waals surface area (Å²) >= 11 is 0. The Balaban J connectivity index is 1.37. The molecule has 37 heavy (non-hydrogen) atoms. The SMILES string of the molecule is C1=CCCC(c2ccc(-n3c4ccccc4c4ccc(-c5cccc(-c6ccccc6)c5)cc43)cc2)=C1. The van der Waals surface area contributed by atoms with Crippen LogP contribution in [0.1, 0.15) is 18.4 Å². The summed E-state index contributed by atoms with van der Waals surface area (Å²) in [6.45, 7) is 0. The molecular formula is C36H27N. The number of nitrogens with zero attached hydrogens (tertiary/aromatic N) is 1. The number of allylic oxidation sites excluding steroid dienone is 4. The van der Waals surface area contributed by atoms with Crippen molar-refractivity contribution in [1.82, 2.24) is 4.57 Å². The molecule has 1 aliphatic rings. The van der Waals surface area contributed by atoms with Crippen molar-refractivity contribution in [3.63, 3.8) is 0 Å². The molecule has 0 radical (unpaired) electrons. The van der Waals surface area contributed by atoms with Gasteiger partial charge in [0, 0.05) is 16.5 Å². The van der Waals surface area contributed by atoms with Crippen LogP contribution in [-0.4, -0.2) is 4.57 Å². The lowest BCUT2D eigenvalue weighted by atomic mass is 9.97. The highest BCUT2D eigenvalue weighted by atomic mass is 15.0. The molecule has 1 aliphatic carbocycles. The molecule has 0 spiro atoms. The topological polar surface area (TPSA) is 4.93 Å². The van der Waals surface area contributed by atoms with E-state index in [-0.39, 0.29) is 0 Å². The molecule has 0 N–H and O–H groups in total. The largest absolute Gasteiger partial charge is 0.309 e. The number of rotatable bonds is 4. The molecule has 1 nitrogen and oxygen atoms in total. The second kappa shape index (κ2) is 9.11. The number of aromatic nitrogens is 1. The fourth-order valence-electron chi connectivity index (χ4n) is 5.60. The lowest BCUT2D eigenvalue weighted by Gasteiger charge is -2.13. The van der Waals surface area contributed by atoms with Gasteiger partial charge in [0.2, 0.25) is 0 Å². The number of fused-ring (bicyclic) bond motifs is 3. The summed E-state index contributed by atoms with van der Waals surface area (Å²) in [6.07, 6.45) is 8.89. The van der Waals surface area contributed by atoms with Gasteiger partial charge in [-0.25, -0.2) is 0 Å². The van der Waals surface area contributed by atoms with Crippen LogP contribution < -0.4 is 0 Å². The van der Waals surface area contributed by atoms with Gasteiger partial charge < -0.3 is 4.57 Å². The van der Waals surface area contributed by atoms with Gasteiger partial charge in [0.25, 0.3) is 0 Å². The van der Waals surface area contributed by atoms with E-state index >= 15 is 0 Å². The van der Waals surface area contributed by atoms with Gasteiger partial charge in [-0.3, -0.25) is 0 Å². The predicted molar refractivity (Wildman–Crippen MR) is 158 cm³/mol. The van der Waals surface area contributed by atoms with E-state index < -0.39 is 0 Å². The molecule has 0 saturated carbocycles. The van der Waals surface area contributed by atoms with Gasteiger partial charge in [0.15, 0.2) is 0 Å². The Labute approximate surface area is 217 Å². The van der Waals surface area contributed by atoms with E-state index in [1.165, 1.54) is 60.9 Å². The summed E-state index contributed by atoms with van der Waals surface area (Å²) in [5, 5.41) is 2.56. The zero-order chi connectivity index (χ0) is 24.6. The van der Waals surface area contributed by atoms with Crippen molar-refractivity contribution in [2.24, 2.45) is 0 Å². The Hall–Kier alpha value is -4.62. The Morgan fingerprint density at radius 3 is 1.97 bits per heavy atom. The number of hydrogen-bond donors (Lipinski definition) is 0. The van der Waals surface area contributed by atoms with Crippen LogP contribution in [0.15, 0.2) is 140 Å². The van der Waals surface area contributed by atoms with Gasteiger partial charge in [0.05, 0.1) is 11.0 Å². The molecule has 0 unspecified atom stereocenters. The second-order valence-electron chi connectivity index (χ2n) is 9.74. The lowest BCUT2D eigenvalue weighted by Crippen LogP contribution is -1.95. The smallest absolute Gasteiger partial charge is 0.0547 e. The zero-order valence-electron chi connectivity index (χ0n) is 20.6. The minimum Gasteiger partial charge on any atom is -0.309 e. The molecule has 176 valence electrons. The minimum atomic E-state index is 1.11. The molecule has 0 bridgehead atoms. The third kappa shape index (κ3) is 3.90. The van der Waals surface area contributed by atoms with E-state index in [2.05, 4.69) is 144 Å². The van der Waals surface area contributed by atoms with Crippen molar-refractivity contribution in [3.05, 3.63) is 145 Å². The summed E-state index contributed by atoms with van der Waals surface area (Å²) in [5.41, 5.74) is 11.3. The maximum Gasteiger partial charge on any atom is 0.0547 e. The molecule has 1 aromatic heterocycles. The van der Waals surface area contributed by atoms with Crippen molar-refractivity contribution >= 4 is 27.4 Å². The monoisotopic (exact) mass is 473 g/mol. The molecule has 0 atom stereocenters. The Morgan fingerprint density at radius 2 is 1.16 bits per heavy atom. The van der Waals surface area contributed by atoms with Crippen LogP contribution in [0.4, 0.5) is 0 Å². The van der Waals surface area contributed by atoms with E-state index in [0.29, 0.717) is 0 Å². The van der Waals surface area contributed by atoms with Crippen LogP contribution in [0.2, 0.25) is 0 Å². The first-order valence-electron chi connectivity index (χ1n) is 13.0. The van der Waals surface area contributed by atoms with Crippen LogP contribution in [-0.2, 0) is 0 Å². The number of para-hydroxylation sites is 1. The third-order valence-electron chi connectivity index (χ3n) is 7.49. The average molecular weight is 474 g/mol. The van der Waals surface area contributed by atoms with Crippen molar-refractivity contribution < 1.29 is 0 Å². The first-order chi connectivity index (χ1) is 18.3. The van der Waals surface area contributed by atoms with Crippen molar-refractivity contribution in [1.29, 1.82) is 0 Å². The van der Waals surface area contributed by atoms with Gasteiger partial charge in [-0.15, -0.1) is 0 Å². The quantitative estimate of drug-likeness (QED) is 0.240. The molecule has 0 amide bonds. The van der Waals surface area contributed by atoms with Crippen molar-refractivity contribution in [2.45, 2.75) is 12.8 Å². The fraction of sp³-hybridized carbons (Fsp3) is 0.0556. The summed E-state index contributed by atoms with van der Waals surface area (Å²) in [7, 11) is 0. The fourth-order valence-corrected chi connectivity index (χ4v) is 5.60. The summed E-state index contributed by atoms with van der Waals surface area (Å²) in [6, 6.07) is 44.2. The molecular weight excluding hydrogens is 446 g/mol.